The predicted molar refractivity (Wildman–Crippen MR) is 72.1 cm³/mol. The van der Waals surface area contributed by atoms with Crippen LogP contribution >= 0.6 is 0 Å². The maximum Gasteiger partial charge on any atom is 0.181 e. The molecule has 0 saturated carbocycles. The van der Waals surface area contributed by atoms with Crippen molar-refractivity contribution in [1.29, 1.82) is 0 Å². The fourth-order valence-corrected chi connectivity index (χ4v) is 3.62. The van der Waals surface area contributed by atoms with Gasteiger partial charge in [0.2, 0.25) is 0 Å². The SMILES string of the molecule is C1CCn2c(nnc2CN2CCCC3(C2)OCCO3)C1. The third-order valence-electron chi connectivity index (χ3n) is 4.61. The highest BCUT2D eigenvalue weighted by atomic mass is 16.7. The van der Waals surface area contributed by atoms with Crippen LogP contribution in [0.4, 0.5) is 0 Å². The van der Waals surface area contributed by atoms with Crippen molar-refractivity contribution in [1.82, 2.24) is 19.7 Å². The van der Waals surface area contributed by atoms with Gasteiger partial charge in [0.05, 0.1) is 26.3 Å². The molecule has 0 aromatic carbocycles. The monoisotopic (exact) mass is 278 g/mol. The Morgan fingerprint density at radius 3 is 2.85 bits per heavy atom. The van der Waals surface area contributed by atoms with Crippen LogP contribution in [0.2, 0.25) is 0 Å². The molecule has 3 aliphatic heterocycles. The van der Waals surface area contributed by atoms with E-state index in [-0.39, 0.29) is 5.79 Å². The molecule has 1 aromatic heterocycles. The van der Waals surface area contributed by atoms with Crippen molar-refractivity contribution in [3.8, 4) is 0 Å². The number of ether oxygens (including phenoxy) is 2. The highest BCUT2D eigenvalue weighted by Gasteiger charge is 2.40. The number of aryl methyl sites for hydroxylation is 1. The Bertz CT molecular complexity index is 482. The van der Waals surface area contributed by atoms with Crippen LogP contribution in [0, 0.1) is 0 Å². The molecule has 2 saturated heterocycles. The van der Waals surface area contributed by atoms with Crippen LogP contribution in [-0.4, -0.2) is 51.8 Å². The molecule has 4 heterocycles. The molecule has 20 heavy (non-hydrogen) atoms. The number of aromatic nitrogens is 3. The molecule has 0 amide bonds. The molecule has 1 aromatic rings. The van der Waals surface area contributed by atoms with Crippen molar-refractivity contribution in [2.75, 3.05) is 26.3 Å². The van der Waals surface area contributed by atoms with Crippen LogP contribution in [-0.2, 0) is 29.0 Å². The summed E-state index contributed by atoms with van der Waals surface area (Å²) in [6.07, 6.45) is 5.70. The van der Waals surface area contributed by atoms with E-state index in [0.717, 1.165) is 70.3 Å². The zero-order chi connectivity index (χ0) is 13.4. The van der Waals surface area contributed by atoms with Crippen LogP contribution < -0.4 is 0 Å². The van der Waals surface area contributed by atoms with Gasteiger partial charge in [-0.2, -0.15) is 0 Å². The predicted octanol–water partition coefficient (Wildman–Crippen LogP) is 0.953. The van der Waals surface area contributed by atoms with Gasteiger partial charge in [0.25, 0.3) is 0 Å². The molecular formula is C14H22N4O2. The van der Waals surface area contributed by atoms with Gasteiger partial charge in [-0.15, -0.1) is 10.2 Å². The van der Waals surface area contributed by atoms with Gasteiger partial charge >= 0.3 is 0 Å². The summed E-state index contributed by atoms with van der Waals surface area (Å²) in [6.45, 7) is 5.35. The van der Waals surface area contributed by atoms with Gasteiger partial charge in [0, 0.05) is 19.4 Å². The topological polar surface area (TPSA) is 52.4 Å². The number of piperidine rings is 1. The molecule has 1 spiro atoms. The van der Waals surface area contributed by atoms with Crippen molar-refractivity contribution >= 4 is 0 Å². The second-order valence-electron chi connectivity index (χ2n) is 6.06. The lowest BCUT2D eigenvalue weighted by molar-refractivity contribution is -0.190. The first-order chi connectivity index (χ1) is 9.85. The molecule has 4 rings (SSSR count). The first kappa shape index (κ1) is 12.7. The van der Waals surface area contributed by atoms with Crippen LogP contribution in [0.3, 0.4) is 0 Å². The van der Waals surface area contributed by atoms with Crippen LogP contribution in [0.1, 0.15) is 37.3 Å². The summed E-state index contributed by atoms with van der Waals surface area (Å²) < 4.78 is 14.0. The van der Waals surface area contributed by atoms with Crippen molar-refractivity contribution < 1.29 is 9.47 Å². The molecule has 6 nitrogen and oxygen atoms in total. The number of rotatable bonds is 2. The zero-order valence-electron chi connectivity index (χ0n) is 11.9. The molecular weight excluding hydrogens is 256 g/mol. The smallest absolute Gasteiger partial charge is 0.181 e. The van der Waals surface area contributed by atoms with Crippen LogP contribution in [0.15, 0.2) is 0 Å². The highest BCUT2D eigenvalue weighted by Crippen LogP contribution is 2.30. The van der Waals surface area contributed by atoms with Gasteiger partial charge < -0.3 is 14.0 Å². The molecule has 0 radical (unpaired) electrons. The van der Waals surface area contributed by atoms with E-state index in [9.17, 15) is 0 Å². The minimum absolute atomic E-state index is 0.344. The van der Waals surface area contributed by atoms with E-state index in [1.807, 2.05) is 0 Å². The molecule has 6 heteroatoms. The number of hydrogen-bond acceptors (Lipinski definition) is 5. The number of hydrogen-bond donors (Lipinski definition) is 0. The molecule has 0 atom stereocenters. The normalized spacial score (nSPS) is 26.0. The summed E-state index contributed by atoms with van der Waals surface area (Å²) in [5.74, 6) is 1.92. The average molecular weight is 278 g/mol. The van der Waals surface area contributed by atoms with E-state index in [2.05, 4.69) is 19.7 Å². The lowest BCUT2D eigenvalue weighted by Gasteiger charge is -2.38. The number of fused-ring (bicyclic) bond motifs is 1. The minimum Gasteiger partial charge on any atom is -0.346 e. The Labute approximate surface area is 119 Å². The zero-order valence-corrected chi connectivity index (χ0v) is 11.9. The van der Waals surface area contributed by atoms with E-state index in [1.54, 1.807) is 0 Å². The van der Waals surface area contributed by atoms with Crippen molar-refractivity contribution in [2.45, 2.75) is 51.0 Å². The standard InChI is InChI=1S/C14H22N4O2/c1-2-7-18-12(4-1)15-16-13(18)10-17-6-3-5-14(11-17)19-8-9-20-14/h1-11H2. The summed E-state index contributed by atoms with van der Waals surface area (Å²) in [5.41, 5.74) is 0. The van der Waals surface area contributed by atoms with Gasteiger partial charge in [0.1, 0.15) is 11.6 Å². The second-order valence-corrected chi connectivity index (χ2v) is 6.06. The van der Waals surface area contributed by atoms with E-state index < -0.39 is 0 Å². The Morgan fingerprint density at radius 2 is 1.95 bits per heavy atom. The largest absolute Gasteiger partial charge is 0.346 e. The van der Waals surface area contributed by atoms with Crippen molar-refractivity contribution in [2.24, 2.45) is 0 Å². The Balaban J connectivity index is 1.47. The third kappa shape index (κ3) is 2.25. The van der Waals surface area contributed by atoms with Gasteiger partial charge in [-0.25, -0.2) is 0 Å². The Hall–Kier alpha value is -0.980. The van der Waals surface area contributed by atoms with Gasteiger partial charge in [0.15, 0.2) is 5.79 Å². The van der Waals surface area contributed by atoms with E-state index in [1.165, 1.54) is 12.8 Å². The highest BCUT2D eigenvalue weighted by molar-refractivity contribution is 4.99. The van der Waals surface area contributed by atoms with Gasteiger partial charge in [-0.05, 0) is 25.8 Å². The maximum absolute atomic E-state index is 5.84. The number of nitrogens with zero attached hydrogens (tertiary/aromatic N) is 4. The fraction of sp³-hybridized carbons (Fsp3) is 0.857. The summed E-state index contributed by atoms with van der Waals surface area (Å²) in [5, 5.41) is 8.73. The second kappa shape index (κ2) is 5.09. The Morgan fingerprint density at radius 1 is 1.05 bits per heavy atom. The quantitative estimate of drug-likeness (QED) is 0.806. The fourth-order valence-electron chi connectivity index (χ4n) is 3.62. The molecule has 0 N–H and O–H groups in total. The summed E-state index contributed by atoms with van der Waals surface area (Å²) in [7, 11) is 0. The molecule has 0 unspecified atom stereocenters. The molecule has 110 valence electrons. The first-order valence-corrected chi connectivity index (χ1v) is 7.76. The van der Waals surface area contributed by atoms with Crippen LogP contribution in [0.5, 0.6) is 0 Å². The Kier molecular flexibility index (Phi) is 3.24. The third-order valence-corrected chi connectivity index (χ3v) is 4.61. The summed E-state index contributed by atoms with van der Waals surface area (Å²) >= 11 is 0. The molecule has 0 aliphatic carbocycles. The van der Waals surface area contributed by atoms with Gasteiger partial charge in [-0.1, -0.05) is 0 Å². The van der Waals surface area contributed by atoms with E-state index in [0.29, 0.717) is 0 Å². The molecule has 2 fully saturated rings. The lowest BCUT2D eigenvalue weighted by Crippen LogP contribution is -2.48. The molecule has 3 aliphatic rings. The van der Waals surface area contributed by atoms with Gasteiger partial charge in [-0.3, -0.25) is 4.90 Å². The summed E-state index contributed by atoms with van der Waals surface area (Å²) in [4.78, 5) is 2.40. The minimum atomic E-state index is -0.344. The van der Waals surface area contributed by atoms with E-state index >= 15 is 0 Å². The maximum atomic E-state index is 5.84. The van der Waals surface area contributed by atoms with Crippen LogP contribution in [0.25, 0.3) is 0 Å². The van der Waals surface area contributed by atoms with Crippen molar-refractivity contribution in [3.63, 3.8) is 0 Å². The summed E-state index contributed by atoms with van der Waals surface area (Å²) in [6, 6.07) is 0. The number of likely N-dealkylation sites (tertiary alicyclic amines) is 1. The average Bonchev–Trinajstić information content (AvgIpc) is 3.08. The van der Waals surface area contributed by atoms with Crippen molar-refractivity contribution in [3.05, 3.63) is 11.6 Å². The lowest BCUT2D eigenvalue weighted by atomic mass is 10.0. The van der Waals surface area contributed by atoms with E-state index in [4.69, 9.17) is 9.47 Å². The molecule has 0 bridgehead atoms. The first-order valence-electron chi connectivity index (χ1n) is 7.76.